The lowest BCUT2D eigenvalue weighted by Gasteiger charge is -2.03. The summed E-state index contributed by atoms with van der Waals surface area (Å²) in [4.78, 5) is 5.48. The largest absolute Gasteiger partial charge is 0.367 e. The Labute approximate surface area is 89.8 Å². The molecule has 2 nitrogen and oxygen atoms in total. The van der Waals surface area contributed by atoms with E-state index >= 15 is 0 Å². The minimum atomic E-state index is 0.841. The first-order valence-corrected chi connectivity index (χ1v) is 5.82. The molecule has 0 saturated carbocycles. The number of allylic oxidation sites excluding steroid dienone is 1. The third-order valence-corrected chi connectivity index (χ3v) is 2.48. The van der Waals surface area contributed by atoms with Gasteiger partial charge in [0, 0.05) is 17.6 Å². The van der Waals surface area contributed by atoms with E-state index in [1.54, 1.807) is 11.8 Å². The van der Waals surface area contributed by atoms with Crippen LogP contribution in [-0.4, -0.2) is 17.8 Å². The van der Waals surface area contributed by atoms with Crippen LogP contribution < -0.4 is 5.32 Å². The van der Waals surface area contributed by atoms with Crippen LogP contribution in [0.3, 0.4) is 0 Å². The van der Waals surface area contributed by atoms with Crippen molar-refractivity contribution in [2.75, 3.05) is 18.1 Å². The van der Waals surface area contributed by atoms with Gasteiger partial charge in [-0.1, -0.05) is 11.6 Å². The first kappa shape index (κ1) is 11.1. The summed E-state index contributed by atoms with van der Waals surface area (Å²) in [5, 5.41) is 3.23. The van der Waals surface area contributed by atoms with Crippen LogP contribution in [-0.2, 0) is 0 Å². The molecule has 0 spiro atoms. The van der Waals surface area contributed by atoms with Crippen molar-refractivity contribution in [3.05, 3.63) is 30.0 Å². The van der Waals surface area contributed by atoms with Gasteiger partial charge in [0.25, 0.3) is 0 Å². The van der Waals surface area contributed by atoms with Gasteiger partial charge in [-0.3, -0.25) is 0 Å². The van der Waals surface area contributed by atoms with Gasteiger partial charge < -0.3 is 5.32 Å². The monoisotopic (exact) mass is 208 g/mol. The maximum atomic E-state index is 4.29. The Bertz CT molecular complexity index is 300. The number of hydrogen-bond donors (Lipinski definition) is 1. The fourth-order valence-electron chi connectivity index (χ4n) is 0.965. The van der Waals surface area contributed by atoms with Crippen molar-refractivity contribution < 1.29 is 0 Å². The molecule has 1 aromatic heterocycles. The van der Waals surface area contributed by atoms with Crippen molar-refractivity contribution in [1.29, 1.82) is 0 Å². The van der Waals surface area contributed by atoms with E-state index in [9.17, 15) is 0 Å². The van der Waals surface area contributed by atoms with E-state index in [1.165, 1.54) is 10.5 Å². The van der Waals surface area contributed by atoms with Gasteiger partial charge in [0.1, 0.15) is 5.82 Å². The summed E-state index contributed by atoms with van der Waals surface area (Å²) in [6.07, 6.45) is 6.08. The van der Waals surface area contributed by atoms with Crippen LogP contribution >= 0.6 is 11.8 Å². The normalized spacial score (nSPS) is 9.64. The molecule has 76 valence electrons. The summed E-state index contributed by atoms with van der Waals surface area (Å²) in [5.74, 6) is 0.931. The number of anilines is 1. The van der Waals surface area contributed by atoms with Crippen LogP contribution in [0.15, 0.2) is 34.9 Å². The molecule has 1 aromatic rings. The standard InChI is InChI=1S/C11H16N2S/c1-9(2)6-7-12-11-5-4-10(14-3)8-13-11/h4-6,8H,7H2,1-3H3,(H,12,13). The fraction of sp³-hybridized carbons (Fsp3) is 0.364. The van der Waals surface area contributed by atoms with Crippen molar-refractivity contribution in [1.82, 2.24) is 4.98 Å². The first-order chi connectivity index (χ1) is 6.72. The smallest absolute Gasteiger partial charge is 0.126 e. The fourth-order valence-corrected chi connectivity index (χ4v) is 1.33. The molecular weight excluding hydrogens is 192 g/mol. The van der Waals surface area contributed by atoms with Crippen molar-refractivity contribution in [3.8, 4) is 0 Å². The Morgan fingerprint density at radius 3 is 2.79 bits per heavy atom. The highest BCUT2D eigenvalue weighted by Crippen LogP contribution is 2.14. The molecule has 0 bridgehead atoms. The highest BCUT2D eigenvalue weighted by Gasteiger charge is 1.92. The molecule has 3 heteroatoms. The number of nitrogens with zero attached hydrogens (tertiary/aromatic N) is 1. The zero-order chi connectivity index (χ0) is 10.4. The molecule has 1 heterocycles. The Morgan fingerprint density at radius 1 is 1.50 bits per heavy atom. The van der Waals surface area contributed by atoms with Crippen LogP contribution in [0.1, 0.15) is 13.8 Å². The summed E-state index contributed by atoms with van der Waals surface area (Å²) in [5.41, 5.74) is 1.32. The Balaban J connectivity index is 2.48. The second-order valence-electron chi connectivity index (χ2n) is 3.25. The van der Waals surface area contributed by atoms with Crippen molar-refractivity contribution >= 4 is 17.6 Å². The molecule has 0 aromatic carbocycles. The molecule has 0 aliphatic rings. The van der Waals surface area contributed by atoms with E-state index in [2.05, 4.69) is 36.3 Å². The number of hydrogen-bond acceptors (Lipinski definition) is 3. The number of thioether (sulfide) groups is 1. The maximum Gasteiger partial charge on any atom is 0.126 e. The van der Waals surface area contributed by atoms with Crippen LogP contribution in [0, 0.1) is 0 Å². The molecule has 0 radical (unpaired) electrons. The number of aromatic nitrogens is 1. The van der Waals surface area contributed by atoms with E-state index in [0.29, 0.717) is 0 Å². The van der Waals surface area contributed by atoms with Crippen LogP contribution in [0.25, 0.3) is 0 Å². The Kier molecular flexibility index (Phi) is 4.53. The summed E-state index contributed by atoms with van der Waals surface area (Å²) in [6.45, 7) is 5.02. The summed E-state index contributed by atoms with van der Waals surface area (Å²) >= 11 is 1.70. The molecule has 0 saturated heterocycles. The summed E-state index contributed by atoms with van der Waals surface area (Å²) in [7, 11) is 0. The van der Waals surface area contributed by atoms with Crippen LogP contribution in [0.4, 0.5) is 5.82 Å². The second kappa shape index (κ2) is 5.70. The average molecular weight is 208 g/mol. The molecule has 1 rings (SSSR count). The SMILES string of the molecule is CSc1ccc(NCC=C(C)C)nc1. The lowest BCUT2D eigenvalue weighted by Crippen LogP contribution is -2.00. The second-order valence-corrected chi connectivity index (χ2v) is 4.13. The van der Waals surface area contributed by atoms with Gasteiger partial charge in [0.15, 0.2) is 0 Å². The molecule has 14 heavy (non-hydrogen) atoms. The Hall–Kier alpha value is -0.960. The zero-order valence-electron chi connectivity index (χ0n) is 8.87. The highest BCUT2D eigenvalue weighted by atomic mass is 32.2. The van der Waals surface area contributed by atoms with Gasteiger partial charge in [-0.05, 0) is 32.2 Å². The predicted molar refractivity (Wildman–Crippen MR) is 63.9 cm³/mol. The third-order valence-electron chi connectivity index (χ3n) is 1.77. The van der Waals surface area contributed by atoms with Crippen molar-refractivity contribution in [2.24, 2.45) is 0 Å². The van der Waals surface area contributed by atoms with E-state index in [0.717, 1.165) is 12.4 Å². The van der Waals surface area contributed by atoms with Gasteiger partial charge in [0.05, 0.1) is 0 Å². The van der Waals surface area contributed by atoms with Crippen LogP contribution in [0.5, 0.6) is 0 Å². The molecule has 0 aliphatic carbocycles. The molecule has 0 atom stereocenters. The van der Waals surface area contributed by atoms with Gasteiger partial charge in [-0.15, -0.1) is 11.8 Å². The van der Waals surface area contributed by atoms with E-state index in [-0.39, 0.29) is 0 Å². The van der Waals surface area contributed by atoms with Crippen LogP contribution in [0.2, 0.25) is 0 Å². The molecule has 0 unspecified atom stereocenters. The third kappa shape index (κ3) is 3.83. The first-order valence-electron chi connectivity index (χ1n) is 4.59. The number of pyridine rings is 1. The lowest BCUT2D eigenvalue weighted by atomic mass is 10.3. The molecule has 1 N–H and O–H groups in total. The molecule has 0 amide bonds. The lowest BCUT2D eigenvalue weighted by molar-refractivity contribution is 1.17. The van der Waals surface area contributed by atoms with Gasteiger partial charge in [0.2, 0.25) is 0 Å². The van der Waals surface area contributed by atoms with Gasteiger partial charge in [-0.2, -0.15) is 0 Å². The summed E-state index contributed by atoms with van der Waals surface area (Å²) in [6, 6.07) is 4.08. The molecule has 0 aliphatic heterocycles. The van der Waals surface area contributed by atoms with Gasteiger partial charge >= 0.3 is 0 Å². The number of rotatable bonds is 4. The van der Waals surface area contributed by atoms with E-state index < -0.39 is 0 Å². The Morgan fingerprint density at radius 2 is 2.29 bits per heavy atom. The molecule has 0 fully saturated rings. The highest BCUT2D eigenvalue weighted by molar-refractivity contribution is 7.98. The maximum absolute atomic E-state index is 4.29. The van der Waals surface area contributed by atoms with Crippen molar-refractivity contribution in [3.63, 3.8) is 0 Å². The molecular formula is C11H16N2S. The predicted octanol–water partition coefficient (Wildman–Crippen LogP) is 3.18. The quantitative estimate of drug-likeness (QED) is 0.607. The minimum Gasteiger partial charge on any atom is -0.367 e. The number of nitrogens with one attached hydrogen (secondary N) is 1. The van der Waals surface area contributed by atoms with E-state index in [1.807, 2.05) is 18.5 Å². The van der Waals surface area contributed by atoms with Gasteiger partial charge in [-0.25, -0.2) is 4.98 Å². The van der Waals surface area contributed by atoms with Crippen molar-refractivity contribution in [2.45, 2.75) is 18.7 Å². The average Bonchev–Trinajstić information content (AvgIpc) is 2.18. The topological polar surface area (TPSA) is 24.9 Å². The minimum absolute atomic E-state index is 0.841. The summed E-state index contributed by atoms with van der Waals surface area (Å²) < 4.78 is 0. The van der Waals surface area contributed by atoms with E-state index in [4.69, 9.17) is 0 Å². The zero-order valence-corrected chi connectivity index (χ0v) is 9.69.